The second-order valence-corrected chi connectivity index (χ2v) is 4.47. The van der Waals surface area contributed by atoms with Crippen LogP contribution in [0.4, 0.5) is 0 Å². The lowest BCUT2D eigenvalue weighted by atomic mass is 10.3. The Labute approximate surface area is 89.0 Å². The molecule has 0 bridgehead atoms. The van der Waals surface area contributed by atoms with Crippen molar-refractivity contribution in [1.29, 1.82) is 0 Å². The zero-order valence-corrected chi connectivity index (χ0v) is 9.48. The molecule has 70 valence electrons. The summed E-state index contributed by atoms with van der Waals surface area (Å²) in [5.41, 5.74) is 0. The minimum absolute atomic E-state index is 0.914. The van der Waals surface area contributed by atoms with E-state index in [1.807, 2.05) is 6.07 Å². The summed E-state index contributed by atoms with van der Waals surface area (Å²) in [5, 5.41) is 8.41. The number of carboxylic acids is 1. The molecule has 2 nitrogen and oxygen atoms in total. The van der Waals surface area contributed by atoms with Gasteiger partial charge in [-0.05, 0) is 34.5 Å². The van der Waals surface area contributed by atoms with Gasteiger partial charge in [0.2, 0.25) is 0 Å². The molecule has 1 aromatic heterocycles. The summed E-state index contributed by atoms with van der Waals surface area (Å²) in [7, 11) is 0. The molecule has 4 heteroatoms. The Kier molecular flexibility index (Phi) is 3.69. The van der Waals surface area contributed by atoms with Crippen molar-refractivity contribution in [2.45, 2.75) is 13.3 Å². The number of hydrogen-bond donors (Lipinski definition) is 1. The van der Waals surface area contributed by atoms with Gasteiger partial charge >= 0.3 is 5.97 Å². The van der Waals surface area contributed by atoms with Gasteiger partial charge in [-0.3, -0.25) is 0 Å². The monoisotopic (exact) mass is 260 g/mol. The maximum atomic E-state index is 10.2. The molecule has 0 amide bonds. The van der Waals surface area contributed by atoms with Crippen molar-refractivity contribution in [1.82, 2.24) is 0 Å². The Bertz CT molecular complexity index is 341. The second kappa shape index (κ2) is 4.58. The number of carbonyl (C=O) groups is 1. The molecule has 0 saturated carbocycles. The normalized spacial score (nSPS) is 10.9. The molecule has 0 saturated heterocycles. The minimum atomic E-state index is -0.914. The van der Waals surface area contributed by atoms with E-state index in [4.69, 9.17) is 5.11 Å². The van der Waals surface area contributed by atoms with Crippen LogP contribution in [-0.2, 0) is 11.2 Å². The number of aryl methyl sites for hydroxylation is 1. The second-order valence-electron chi connectivity index (χ2n) is 2.45. The number of halogens is 1. The third-order valence-corrected chi connectivity index (χ3v) is 3.70. The average Bonchev–Trinajstić information content (AvgIpc) is 2.43. The van der Waals surface area contributed by atoms with Crippen LogP contribution >= 0.6 is 27.3 Å². The summed E-state index contributed by atoms with van der Waals surface area (Å²) in [6.45, 7) is 2.07. The lowest BCUT2D eigenvalue weighted by Crippen LogP contribution is -1.84. The van der Waals surface area contributed by atoms with Crippen LogP contribution in [0, 0.1) is 0 Å². The SMILES string of the molecule is CCc1sc(C=CC(=O)O)cc1Br. The molecule has 13 heavy (non-hydrogen) atoms. The van der Waals surface area contributed by atoms with E-state index in [-0.39, 0.29) is 0 Å². The lowest BCUT2D eigenvalue weighted by molar-refractivity contribution is -0.131. The Hall–Kier alpha value is -0.610. The van der Waals surface area contributed by atoms with Crippen molar-refractivity contribution in [2.24, 2.45) is 0 Å². The molecule has 0 aliphatic rings. The summed E-state index contributed by atoms with van der Waals surface area (Å²) < 4.78 is 1.06. The number of thiophene rings is 1. The molecule has 0 atom stereocenters. The Morgan fingerprint density at radius 3 is 2.92 bits per heavy atom. The molecule has 1 heterocycles. The molecule has 0 aliphatic heterocycles. The van der Waals surface area contributed by atoms with E-state index in [0.29, 0.717) is 0 Å². The maximum absolute atomic E-state index is 10.2. The third kappa shape index (κ3) is 2.97. The number of aliphatic carboxylic acids is 1. The molecule has 0 aliphatic carbocycles. The van der Waals surface area contributed by atoms with Crippen molar-refractivity contribution in [2.75, 3.05) is 0 Å². The summed E-state index contributed by atoms with van der Waals surface area (Å²) >= 11 is 5.02. The Balaban J connectivity index is 2.85. The smallest absolute Gasteiger partial charge is 0.328 e. The summed E-state index contributed by atoms with van der Waals surface area (Å²) in [6.07, 6.45) is 3.72. The Morgan fingerprint density at radius 2 is 2.46 bits per heavy atom. The fourth-order valence-electron chi connectivity index (χ4n) is 0.902. The van der Waals surface area contributed by atoms with Crippen LogP contribution in [0.5, 0.6) is 0 Å². The van der Waals surface area contributed by atoms with Crippen LogP contribution in [0.3, 0.4) is 0 Å². The van der Waals surface area contributed by atoms with Gasteiger partial charge in [0.05, 0.1) is 0 Å². The van der Waals surface area contributed by atoms with Crippen molar-refractivity contribution in [3.8, 4) is 0 Å². The van der Waals surface area contributed by atoms with E-state index in [2.05, 4.69) is 22.9 Å². The quantitative estimate of drug-likeness (QED) is 0.848. The van der Waals surface area contributed by atoms with E-state index in [1.165, 1.54) is 4.88 Å². The first-order valence-electron chi connectivity index (χ1n) is 3.82. The fraction of sp³-hybridized carbons (Fsp3) is 0.222. The van der Waals surface area contributed by atoms with Crippen molar-refractivity contribution in [3.63, 3.8) is 0 Å². The zero-order chi connectivity index (χ0) is 9.84. The van der Waals surface area contributed by atoms with Crippen LogP contribution in [0.2, 0.25) is 0 Å². The van der Waals surface area contributed by atoms with Crippen LogP contribution in [0.25, 0.3) is 6.08 Å². The molecule has 1 N–H and O–H groups in total. The van der Waals surface area contributed by atoms with Crippen molar-refractivity contribution < 1.29 is 9.90 Å². The average molecular weight is 261 g/mol. The molecule has 0 unspecified atom stereocenters. The number of hydrogen-bond acceptors (Lipinski definition) is 2. The van der Waals surface area contributed by atoms with Crippen LogP contribution < -0.4 is 0 Å². The van der Waals surface area contributed by atoms with Crippen LogP contribution in [-0.4, -0.2) is 11.1 Å². The largest absolute Gasteiger partial charge is 0.478 e. The fourth-order valence-corrected chi connectivity index (χ4v) is 2.72. The first-order chi connectivity index (χ1) is 6.13. The van der Waals surface area contributed by atoms with Gasteiger partial charge in [0.25, 0.3) is 0 Å². The first kappa shape index (κ1) is 10.5. The van der Waals surface area contributed by atoms with E-state index in [0.717, 1.165) is 21.8 Å². The molecule has 0 aromatic carbocycles. The van der Waals surface area contributed by atoms with Gasteiger partial charge in [-0.1, -0.05) is 6.92 Å². The summed E-state index contributed by atoms with van der Waals surface area (Å²) in [6, 6.07) is 1.93. The number of rotatable bonds is 3. The van der Waals surface area contributed by atoms with Gasteiger partial charge in [-0.2, -0.15) is 0 Å². The van der Waals surface area contributed by atoms with Crippen LogP contribution in [0.1, 0.15) is 16.7 Å². The molecule has 1 rings (SSSR count). The van der Waals surface area contributed by atoms with Crippen LogP contribution in [0.15, 0.2) is 16.6 Å². The zero-order valence-electron chi connectivity index (χ0n) is 7.08. The minimum Gasteiger partial charge on any atom is -0.478 e. The third-order valence-electron chi connectivity index (χ3n) is 1.49. The first-order valence-corrected chi connectivity index (χ1v) is 5.43. The predicted octanol–water partition coefficient (Wildman–Crippen LogP) is 3.17. The number of carboxylic acid groups (broad SMARTS) is 1. The highest BCUT2D eigenvalue weighted by atomic mass is 79.9. The van der Waals surface area contributed by atoms with Gasteiger partial charge < -0.3 is 5.11 Å². The predicted molar refractivity (Wildman–Crippen MR) is 58.1 cm³/mol. The van der Waals surface area contributed by atoms with Gasteiger partial charge in [0, 0.05) is 20.3 Å². The molecular formula is C9H9BrO2S. The Morgan fingerprint density at radius 1 is 1.77 bits per heavy atom. The van der Waals surface area contributed by atoms with Crippen molar-refractivity contribution in [3.05, 3.63) is 26.4 Å². The highest BCUT2D eigenvalue weighted by Gasteiger charge is 2.02. The molecule has 0 fully saturated rings. The summed E-state index contributed by atoms with van der Waals surface area (Å²) in [4.78, 5) is 12.4. The topological polar surface area (TPSA) is 37.3 Å². The highest BCUT2D eigenvalue weighted by molar-refractivity contribution is 9.10. The van der Waals surface area contributed by atoms with E-state index in [1.54, 1.807) is 17.4 Å². The molecule has 1 aromatic rings. The molecular weight excluding hydrogens is 252 g/mol. The van der Waals surface area contributed by atoms with Gasteiger partial charge in [0.15, 0.2) is 0 Å². The standard InChI is InChI=1S/C9H9BrO2S/c1-2-8-7(10)5-6(13-8)3-4-9(11)12/h3-5H,2H2,1H3,(H,11,12). The van der Waals surface area contributed by atoms with E-state index in [9.17, 15) is 4.79 Å². The van der Waals surface area contributed by atoms with Crippen molar-refractivity contribution >= 4 is 39.3 Å². The van der Waals surface area contributed by atoms with Gasteiger partial charge in [0.1, 0.15) is 0 Å². The lowest BCUT2D eigenvalue weighted by Gasteiger charge is -1.86. The van der Waals surface area contributed by atoms with Gasteiger partial charge in [-0.25, -0.2) is 4.79 Å². The van der Waals surface area contributed by atoms with E-state index < -0.39 is 5.97 Å². The highest BCUT2D eigenvalue weighted by Crippen LogP contribution is 2.28. The maximum Gasteiger partial charge on any atom is 0.328 e. The van der Waals surface area contributed by atoms with Gasteiger partial charge in [-0.15, -0.1) is 11.3 Å². The molecule has 0 radical (unpaired) electrons. The molecule has 0 spiro atoms. The van der Waals surface area contributed by atoms with E-state index >= 15 is 0 Å². The summed E-state index contributed by atoms with van der Waals surface area (Å²) in [5.74, 6) is -0.914.